The highest BCUT2D eigenvalue weighted by molar-refractivity contribution is 5.82. The largest absolute Gasteiger partial charge is 0.481 e. The molecule has 2 N–H and O–H groups in total. The molecule has 0 unspecified atom stereocenters. The van der Waals surface area contributed by atoms with E-state index in [4.69, 9.17) is 5.11 Å². The molecule has 0 aliphatic carbocycles. The van der Waals surface area contributed by atoms with Gasteiger partial charge in [-0.05, 0) is 32.9 Å². The number of aliphatic carboxylic acids is 1. The monoisotopic (exact) mass is 278 g/mol. The van der Waals surface area contributed by atoms with Crippen molar-refractivity contribution in [2.45, 2.75) is 32.7 Å². The summed E-state index contributed by atoms with van der Waals surface area (Å²) in [5.74, 6) is -0.992. The van der Waals surface area contributed by atoms with Gasteiger partial charge in [0.2, 0.25) is 5.91 Å². The predicted molar refractivity (Wildman–Crippen MR) is 78.8 cm³/mol. The summed E-state index contributed by atoms with van der Waals surface area (Å²) in [6.07, 6.45) is -0.00229. The Hall–Kier alpha value is -2.04. The molecule has 0 bridgehead atoms. The fraction of sp³-hybridized carbons (Fsp3) is 0.467. The number of carboxylic acids is 1. The Morgan fingerprint density at radius 1 is 1.20 bits per heavy atom. The Morgan fingerprint density at radius 2 is 1.80 bits per heavy atom. The highest BCUT2D eigenvalue weighted by Gasteiger charge is 2.17. The zero-order chi connectivity index (χ0) is 15.2. The molecule has 0 saturated heterocycles. The molecule has 0 aliphatic rings. The van der Waals surface area contributed by atoms with Crippen LogP contribution in [-0.4, -0.2) is 35.6 Å². The number of amides is 1. The maximum absolute atomic E-state index is 12.0. The average molecular weight is 278 g/mol. The van der Waals surface area contributed by atoms with Gasteiger partial charge in [0.1, 0.15) is 0 Å². The van der Waals surface area contributed by atoms with Gasteiger partial charge >= 0.3 is 5.97 Å². The Morgan fingerprint density at radius 3 is 2.30 bits per heavy atom. The van der Waals surface area contributed by atoms with Crippen molar-refractivity contribution in [1.29, 1.82) is 0 Å². The number of nitrogens with one attached hydrogen (secondary N) is 1. The van der Waals surface area contributed by atoms with Crippen molar-refractivity contribution in [1.82, 2.24) is 5.32 Å². The summed E-state index contributed by atoms with van der Waals surface area (Å²) in [7, 11) is 0. The SMILES string of the molecule is CC(C)(C)NC(=O)CN(CCC(=O)O)c1ccccc1. The lowest BCUT2D eigenvalue weighted by Gasteiger charge is -2.27. The van der Waals surface area contributed by atoms with Crippen LogP contribution < -0.4 is 10.2 Å². The Bertz CT molecular complexity index is 452. The molecule has 1 rings (SSSR count). The fourth-order valence-electron chi connectivity index (χ4n) is 1.80. The molecule has 0 atom stereocenters. The van der Waals surface area contributed by atoms with Crippen LogP contribution in [0.3, 0.4) is 0 Å². The number of rotatable bonds is 6. The van der Waals surface area contributed by atoms with Crippen LogP contribution in [0.5, 0.6) is 0 Å². The summed E-state index contributed by atoms with van der Waals surface area (Å²) in [4.78, 5) is 24.5. The van der Waals surface area contributed by atoms with Crippen LogP contribution in [0.25, 0.3) is 0 Å². The van der Waals surface area contributed by atoms with Crippen molar-refractivity contribution < 1.29 is 14.7 Å². The molecular formula is C15H22N2O3. The predicted octanol–water partition coefficient (Wildman–Crippen LogP) is 1.88. The second-order valence-electron chi connectivity index (χ2n) is 5.70. The molecule has 0 radical (unpaired) electrons. The van der Waals surface area contributed by atoms with E-state index in [0.717, 1.165) is 5.69 Å². The van der Waals surface area contributed by atoms with Gasteiger partial charge in [-0.2, -0.15) is 0 Å². The number of anilines is 1. The first-order chi connectivity index (χ1) is 9.28. The van der Waals surface area contributed by atoms with Crippen molar-refractivity contribution in [2.75, 3.05) is 18.0 Å². The summed E-state index contributed by atoms with van der Waals surface area (Å²) >= 11 is 0. The van der Waals surface area contributed by atoms with Crippen molar-refractivity contribution in [3.63, 3.8) is 0 Å². The second kappa shape index (κ2) is 6.93. The van der Waals surface area contributed by atoms with Crippen molar-refractivity contribution in [3.05, 3.63) is 30.3 Å². The topological polar surface area (TPSA) is 69.6 Å². The fourth-order valence-corrected chi connectivity index (χ4v) is 1.80. The first kappa shape index (κ1) is 16.0. The molecular weight excluding hydrogens is 256 g/mol. The van der Waals surface area contributed by atoms with Crippen LogP contribution in [0.2, 0.25) is 0 Å². The van der Waals surface area contributed by atoms with Gasteiger partial charge in [0, 0.05) is 17.8 Å². The highest BCUT2D eigenvalue weighted by atomic mass is 16.4. The van der Waals surface area contributed by atoms with E-state index in [0.29, 0.717) is 6.54 Å². The van der Waals surface area contributed by atoms with E-state index in [2.05, 4.69) is 5.32 Å². The number of para-hydroxylation sites is 1. The van der Waals surface area contributed by atoms with E-state index in [9.17, 15) is 9.59 Å². The van der Waals surface area contributed by atoms with Gasteiger partial charge in [-0.3, -0.25) is 9.59 Å². The highest BCUT2D eigenvalue weighted by Crippen LogP contribution is 2.13. The number of hydrogen-bond donors (Lipinski definition) is 2. The molecule has 20 heavy (non-hydrogen) atoms. The van der Waals surface area contributed by atoms with Crippen LogP contribution in [0, 0.1) is 0 Å². The molecule has 0 spiro atoms. The third-order valence-corrected chi connectivity index (χ3v) is 2.57. The van der Waals surface area contributed by atoms with E-state index >= 15 is 0 Å². The van der Waals surface area contributed by atoms with Crippen LogP contribution >= 0.6 is 0 Å². The lowest BCUT2D eigenvalue weighted by atomic mass is 10.1. The van der Waals surface area contributed by atoms with Gasteiger partial charge in [-0.15, -0.1) is 0 Å². The number of carbonyl (C=O) groups is 2. The molecule has 0 saturated carbocycles. The zero-order valence-electron chi connectivity index (χ0n) is 12.2. The summed E-state index contributed by atoms with van der Waals surface area (Å²) in [5.41, 5.74) is 0.546. The maximum atomic E-state index is 12.0. The van der Waals surface area contributed by atoms with Crippen molar-refractivity contribution >= 4 is 17.6 Å². The molecule has 5 nitrogen and oxygen atoms in total. The molecule has 0 fully saturated rings. The Balaban J connectivity index is 2.73. The molecule has 0 aromatic heterocycles. The molecule has 1 amide bonds. The van der Waals surface area contributed by atoms with Gasteiger partial charge in [-0.25, -0.2) is 0 Å². The molecule has 1 aromatic carbocycles. The number of carboxylic acid groups (broad SMARTS) is 1. The van der Waals surface area contributed by atoms with Crippen molar-refractivity contribution in [3.8, 4) is 0 Å². The summed E-state index contributed by atoms with van der Waals surface area (Å²) in [6, 6.07) is 9.35. The quantitative estimate of drug-likeness (QED) is 0.833. The lowest BCUT2D eigenvalue weighted by molar-refractivity contribution is -0.136. The number of hydrogen-bond acceptors (Lipinski definition) is 3. The normalized spacial score (nSPS) is 10.9. The molecule has 5 heteroatoms. The third kappa shape index (κ3) is 6.22. The molecule has 110 valence electrons. The molecule has 1 aromatic rings. The average Bonchev–Trinajstić information content (AvgIpc) is 2.33. The van der Waals surface area contributed by atoms with Crippen molar-refractivity contribution in [2.24, 2.45) is 0 Å². The third-order valence-electron chi connectivity index (χ3n) is 2.57. The number of carbonyl (C=O) groups excluding carboxylic acids is 1. The van der Waals surface area contributed by atoms with E-state index < -0.39 is 5.97 Å². The number of benzene rings is 1. The van der Waals surface area contributed by atoms with Crippen LogP contribution in [0.15, 0.2) is 30.3 Å². The minimum Gasteiger partial charge on any atom is -0.481 e. The summed E-state index contributed by atoms with van der Waals surface area (Å²) < 4.78 is 0. The molecule has 0 aliphatic heterocycles. The van der Waals surface area contributed by atoms with Gasteiger partial charge in [-0.1, -0.05) is 18.2 Å². The first-order valence-corrected chi connectivity index (χ1v) is 6.61. The Labute approximate surface area is 119 Å². The van der Waals surface area contributed by atoms with Gasteiger partial charge < -0.3 is 15.3 Å². The van der Waals surface area contributed by atoms with Crippen LogP contribution in [-0.2, 0) is 9.59 Å². The standard InChI is InChI=1S/C15H22N2O3/c1-15(2,3)16-13(18)11-17(10-9-14(19)20)12-7-5-4-6-8-12/h4-8H,9-11H2,1-3H3,(H,16,18)(H,19,20). The van der Waals surface area contributed by atoms with Gasteiger partial charge in [0.15, 0.2) is 0 Å². The Kier molecular flexibility index (Phi) is 5.55. The van der Waals surface area contributed by atoms with E-state index in [1.54, 1.807) is 4.90 Å². The van der Waals surface area contributed by atoms with Crippen LogP contribution in [0.4, 0.5) is 5.69 Å². The minimum atomic E-state index is -0.873. The summed E-state index contributed by atoms with van der Waals surface area (Å²) in [6.45, 7) is 6.19. The van der Waals surface area contributed by atoms with E-state index in [1.807, 2.05) is 51.1 Å². The van der Waals surface area contributed by atoms with E-state index in [1.165, 1.54) is 0 Å². The molecule has 0 heterocycles. The van der Waals surface area contributed by atoms with Crippen LogP contribution in [0.1, 0.15) is 27.2 Å². The lowest BCUT2D eigenvalue weighted by Crippen LogP contribution is -2.46. The number of nitrogens with zero attached hydrogens (tertiary/aromatic N) is 1. The minimum absolute atomic E-state index is 0.00229. The zero-order valence-corrected chi connectivity index (χ0v) is 12.2. The van der Waals surface area contributed by atoms with E-state index in [-0.39, 0.29) is 24.4 Å². The first-order valence-electron chi connectivity index (χ1n) is 6.61. The van der Waals surface area contributed by atoms with Gasteiger partial charge in [0.05, 0.1) is 13.0 Å². The summed E-state index contributed by atoms with van der Waals surface area (Å²) in [5, 5.41) is 11.7. The second-order valence-corrected chi connectivity index (χ2v) is 5.70. The van der Waals surface area contributed by atoms with Gasteiger partial charge in [0.25, 0.3) is 0 Å². The maximum Gasteiger partial charge on any atom is 0.305 e. The smallest absolute Gasteiger partial charge is 0.305 e.